The third-order valence-electron chi connectivity index (χ3n) is 4.01. The van der Waals surface area contributed by atoms with Gasteiger partial charge in [0.1, 0.15) is 6.04 Å². The number of carbonyl (C=O) groups excluding carboxylic acids is 1. The molecule has 0 aliphatic heterocycles. The molecule has 2 rings (SSSR count). The Labute approximate surface area is 153 Å². The smallest absolute Gasteiger partial charge is 0.326 e. The lowest BCUT2D eigenvalue weighted by Gasteiger charge is -2.12. The van der Waals surface area contributed by atoms with Crippen molar-refractivity contribution in [3.8, 4) is 0 Å². The van der Waals surface area contributed by atoms with Gasteiger partial charge in [-0.05, 0) is 50.3 Å². The second-order valence-electron chi connectivity index (χ2n) is 6.30. The van der Waals surface area contributed by atoms with Crippen LogP contribution in [0.1, 0.15) is 38.2 Å². The largest absolute Gasteiger partial charge is 0.480 e. The van der Waals surface area contributed by atoms with Crippen molar-refractivity contribution in [3.05, 3.63) is 42.0 Å². The van der Waals surface area contributed by atoms with Crippen LogP contribution in [0.4, 0.5) is 0 Å². The molecule has 0 saturated heterocycles. The molecule has 1 aliphatic carbocycles. The van der Waals surface area contributed by atoms with E-state index in [2.05, 4.69) is 10.0 Å². The third kappa shape index (κ3) is 6.27. The van der Waals surface area contributed by atoms with E-state index in [1.54, 1.807) is 31.2 Å². The maximum absolute atomic E-state index is 12.1. The number of carbonyl (C=O) groups is 2. The molecule has 26 heavy (non-hydrogen) atoms. The Hall–Kier alpha value is -2.19. The maximum Gasteiger partial charge on any atom is 0.326 e. The van der Waals surface area contributed by atoms with E-state index in [0.717, 1.165) is 18.4 Å². The van der Waals surface area contributed by atoms with Crippen molar-refractivity contribution >= 4 is 21.9 Å². The summed E-state index contributed by atoms with van der Waals surface area (Å²) in [5, 5.41) is 11.6. The summed E-state index contributed by atoms with van der Waals surface area (Å²) < 4.78 is 26.8. The molecule has 0 spiro atoms. The number of aryl methyl sites for hydroxylation is 1. The highest BCUT2D eigenvalue weighted by Gasteiger charge is 2.27. The van der Waals surface area contributed by atoms with Gasteiger partial charge in [-0.15, -0.1) is 0 Å². The first-order valence-electron chi connectivity index (χ1n) is 8.56. The number of benzene rings is 1. The number of carboxylic acids is 1. The van der Waals surface area contributed by atoms with Gasteiger partial charge in [-0.2, -0.15) is 0 Å². The fourth-order valence-corrected chi connectivity index (χ4v) is 3.65. The van der Waals surface area contributed by atoms with Crippen molar-refractivity contribution in [1.29, 1.82) is 0 Å². The van der Waals surface area contributed by atoms with Crippen LogP contribution in [0.25, 0.3) is 0 Å². The minimum atomic E-state index is -3.48. The quantitative estimate of drug-likeness (QED) is 0.534. The second-order valence-corrected chi connectivity index (χ2v) is 8.02. The van der Waals surface area contributed by atoms with E-state index < -0.39 is 22.0 Å². The molecule has 1 atom stereocenters. The fourth-order valence-electron chi connectivity index (χ4n) is 2.34. The van der Waals surface area contributed by atoms with Crippen molar-refractivity contribution in [2.75, 3.05) is 0 Å². The predicted octanol–water partition coefficient (Wildman–Crippen LogP) is 1.60. The van der Waals surface area contributed by atoms with Crippen LogP contribution in [0.3, 0.4) is 0 Å². The first-order chi connectivity index (χ1) is 12.3. The van der Waals surface area contributed by atoms with Crippen LogP contribution in [0.2, 0.25) is 0 Å². The summed E-state index contributed by atoms with van der Waals surface area (Å²) in [4.78, 5) is 23.3. The van der Waals surface area contributed by atoms with E-state index in [1.807, 2.05) is 0 Å². The summed E-state index contributed by atoms with van der Waals surface area (Å²) >= 11 is 0. The van der Waals surface area contributed by atoms with Crippen LogP contribution in [-0.2, 0) is 26.0 Å². The van der Waals surface area contributed by atoms with E-state index >= 15 is 0 Å². The number of hydrogen-bond acceptors (Lipinski definition) is 4. The highest BCUT2D eigenvalue weighted by atomic mass is 32.2. The molecule has 1 aromatic rings. The van der Waals surface area contributed by atoms with Gasteiger partial charge in [0.25, 0.3) is 0 Å². The average molecular weight is 380 g/mol. The molecule has 1 aromatic carbocycles. The Morgan fingerprint density at radius 2 is 1.92 bits per heavy atom. The van der Waals surface area contributed by atoms with Gasteiger partial charge in [0, 0.05) is 12.5 Å². The number of carboxylic acid groups (broad SMARTS) is 1. The first kappa shape index (κ1) is 20.1. The Kier molecular flexibility index (Phi) is 6.93. The Bertz CT molecular complexity index is 767. The van der Waals surface area contributed by atoms with E-state index in [0.29, 0.717) is 6.42 Å². The number of sulfonamides is 1. The summed E-state index contributed by atoms with van der Waals surface area (Å²) in [5.74, 6) is -1.43. The van der Waals surface area contributed by atoms with Gasteiger partial charge in [-0.25, -0.2) is 17.9 Å². The lowest BCUT2D eigenvalue weighted by molar-refractivity contribution is -0.141. The summed E-state index contributed by atoms with van der Waals surface area (Å²) in [6.45, 7) is 1.78. The number of amides is 1. The van der Waals surface area contributed by atoms with Gasteiger partial charge in [0.15, 0.2) is 0 Å². The summed E-state index contributed by atoms with van der Waals surface area (Å²) in [6, 6.07) is 5.48. The predicted molar refractivity (Wildman–Crippen MR) is 97.1 cm³/mol. The molecule has 8 heteroatoms. The summed E-state index contributed by atoms with van der Waals surface area (Å²) in [6.07, 6.45) is 5.93. The molecule has 0 aromatic heterocycles. The molecule has 1 fully saturated rings. The van der Waals surface area contributed by atoms with E-state index in [9.17, 15) is 18.0 Å². The van der Waals surface area contributed by atoms with Crippen molar-refractivity contribution < 1.29 is 23.1 Å². The molecular formula is C18H24N2O5S. The van der Waals surface area contributed by atoms with Gasteiger partial charge in [-0.3, -0.25) is 4.79 Å². The van der Waals surface area contributed by atoms with Crippen molar-refractivity contribution in [2.24, 2.45) is 0 Å². The normalized spacial score (nSPS) is 15.7. The van der Waals surface area contributed by atoms with E-state index in [1.165, 1.54) is 12.1 Å². The molecule has 1 unspecified atom stereocenters. The van der Waals surface area contributed by atoms with E-state index in [-0.39, 0.29) is 29.7 Å². The molecule has 0 radical (unpaired) electrons. The van der Waals surface area contributed by atoms with Crippen molar-refractivity contribution in [1.82, 2.24) is 10.0 Å². The van der Waals surface area contributed by atoms with Gasteiger partial charge < -0.3 is 10.4 Å². The zero-order valence-corrected chi connectivity index (χ0v) is 15.5. The molecule has 1 saturated carbocycles. The molecule has 1 aliphatic rings. The molecule has 0 bridgehead atoms. The van der Waals surface area contributed by atoms with Crippen molar-refractivity contribution in [3.63, 3.8) is 0 Å². The molecule has 142 valence electrons. The van der Waals surface area contributed by atoms with Gasteiger partial charge in [0.05, 0.1) is 4.90 Å². The van der Waals surface area contributed by atoms with Crippen LogP contribution in [0, 0.1) is 0 Å². The Balaban J connectivity index is 1.86. The number of allylic oxidation sites excluding steroid dienone is 1. The van der Waals surface area contributed by atoms with Crippen LogP contribution in [0.5, 0.6) is 0 Å². The van der Waals surface area contributed by atoms with Crippen LogP contribution >= 0.6 is 0 Å². The Morgan fingerprint density at radius 1 is 1.27 bits per heavy atom. The zero-order chi connectivity index (χ0) is 19.2. The van der Waals surface area contributed by atoms with Crippen LogP contribution < -0.4 is 10.0 Å². The SMILES string of the molecule is C/C=C/CC(NC(=O)CCc1ccc(S(=O)(=O)NC2CC2)cc1)C(=O)O. The Morgan fingerprint density at radius 3 is 2.46 bits per heavy atom. The average Bonchev–Trinajstić information content (AvgIpc) is 3.40. The topological polar surface area (TPSA) is 113 Å². The highest BCUT2D eigenvalue weighted by molar-refractivity contribution is 7.89. The molecular weight excluding hydrogens is 356 g/mol. The fraction of sp³-hybridized carbons (Fsp3) is 0.444. The lowest BCUT2D eigenvalue weighted by atomic mass is 10.1. The first-order valence-corrected chi connectivity index (χ1v) is 10.0. The van der Waals surface area contributed by atoms with Gasteiger partial charge >= 0.3 is 5.97 Å². The van der Waals surface area contributed by atoms with E-state index in [4.69, 9.17) is 5.11 Å². The number of aliphatic carboxylic acids is 1. The van der Waals surface area contributed by atoms with Crippen molar-refractivity contribution in [2.45, 2.75) is 56.0 Å². The van der Waals surface area contributed by atoms with Crippen LogP contribution in [-0.4, -0.2) is 37.5 Å². The summed E-state index contributed by atoms with van der Waals surface area (Å²) in [7, 11) is -3.48. The molecule has 7 nitrogen and oxygen atoms in total. The molecule has 1 amide bonds. The third-order valence-corrected chi connectivity index (χ3v) is 5.55. The number of rotatable bonds is 10. The second kappa shape index (κ2) is 8.95. The minimum Gasteiger partial charge on any atom is -0.480 e. The van der Waals surface area contributed by atoms with Gasteiger partial charge in [0.2, 0.25) is 15.9 Å². The standard InChI is InChI=1S/C18H24N2O5S/c1-2-3-4-16(18(22)23)19-17(21)12-7-13-5-10-15(11-6-13)26(24,25)20-14-8-9-14/h2-3,5-6,10-11,14,16,20H,4,7-9,12H2,1H3,(H,19,21)(H,22,23)/b3-2+. The zero-order valence-electron chi connectivity index (χ0n) is 14.6. The van der Waals surface area contributed by atoms with Gasteiger partial charge in [-0.1, -0.05) is 24.3 Å². The molecule has 3 N–H and O–H groups in total. The van der Waals surface area contributed by atoms with Crippen LogP contribution in [0.15, 0.2) is 41.3 Å². The number of hydrogen-bond donors (Lipinski definition) is 3. The maximum atomic E-state index is 12.1. The minimum absolute atomic E-state index is 0.0492. The monoisotopic (exact) mass is 380 g/mol. The summed E-state index contributed by atoms with van der Waals surface area (Å²) in [5.41, 5.74) is 0.811. The highest BCUT2D eigenvalue weighted by Crippen LogP contribution is 2.22. The number of nitrogens with one attached hydrogen (secondary N) is 2. The molecule has 0 heterocycles. The lowest BCUT2D eigenvalue weighted by Crippen LogP contribution is -2.40.